The number of hydrogen-bond acceptors (Lipinski definition) is 9. The molecule has 1 spiro atoms. The van der Waals surface area contributed by atoms with Crippen LogP contribution in [0.5, 0.6) is 5.75 Å². The summed E-state index contributed by atoms with van der Waals surface area (Å²) in [7, 11) is 0. The topological polar surface area (TPSA) is 161 Å². The van der Waals surface area contributed by atoms with Gasteiger partial charge in [0.2, 0.25) is 11.8 Å². The van der Waals surface area contributed by atoms with Crippen LogP contribution >= 0.6 is 11.6 Å². The Morgan fingerprint density at radius 2 is 1.59 bits per heavy atom. The molecule has 5 amide bonds. The standard InChI is InChI=1S/C43H45ClN6O6/c1-41(2)39(42(3,4)40(41)56-29-11-7-25(23-45)32(44)20-29)48-35(52)24-5-9-28(10-6-24)49-17-15-43(16-18-49)21-27(22-43)46-26-8-12-30-31(19-26)38(55)50(37(30)54)33-13-14-34(51)47-36(33)53/h5-12,19-20,27,33,39-40,46H,13-18,21-22H2,1-4H3,(H,48,52)(H,47,51,53). The van der Waals surface area contributed by atoms with Crippen LogP contribution < -0.4 is 25.6 Å². The number of halogens is 1. The van der Waals surface area contributed by atoms with Gasteiger partial charge in [-0.15, -0.1) is 0 Å². The van der Waals surface area contributed by atoms with E-state index in [1.165, 1.54) is 0 Å². The number of carbonyl (C=O) groups excluding carboxylic acids is 5. The predicted molar refractivity (Wildman–Crippen MR) is 209 cm³/mol. The van der Waals surface area contributed by atoms with Crippen molar-refractivity contribution in [3.8, 4) is 11.8 Å². The predicted octanol–water partition coefficient (Wildman–Crippen LogP) is 6.09. The van der Waals surface area contributed by atoms with Crippen molar-refractivity contribution in [3.05, 3.63) is 87.9 Å². The van der Waals surface area contributed by atoms with Gasteiger partial charge in [0.1, 0.15) is 24.0 Å². The summed E-state index contributed by atoms with van der Waals surface area (Å²) in [6.45, 7) is 10.2. The highest BCUT2D eigenvalue weighted by Gasteiger charge is 2.64. The zero-order valence-electron chi connectivity index (χ0n) is 31.9. The number of nitriles is 1. The molecule has 0 bridgehead atoms. The summed E-state index contributed by atoms with van der Waals surface area (Å²) in [5.74, 6) is -1.56. The molecule has 3 aromatic carbocycles. The van der Waals surface area contributed by atoms with Crippen LogP contribution in [0.3, 0.4) is 0 Å². The summed E-state index contributed by atoms with van der Waals surface area (Å²) < 4.78 is 6.37. The fourth-order valence-corrected chi connectivity index (χ4v) is 10.4. The lowest BCUT2D eigenvalue weighted by Crippen LogP contribution is -2.74. The molecule has 290 valence electrons. The van der Waals surface area contributed by atoms with Crippen molar-refractivity contribution < 1.29 is 28.7 Å². The van der Waals surface area contributed by atoms with Gasteiger partial charge in [-0.2, -0.15) is 5.26 Å². The Morgan fingerprint density at radius 3 is 2.23 bits per heavy atom. The lowest BCUT2D eigenvalue weighted by atomic mass is 9.49. The molecule has 1 unspecified atom stereocenters. The van der Waals surface area contributed by atoms with E-state index in [0.717, 1.165) is 55.0 Å². The Labute approximate surface area is 330 Å². The highest BCUT2D eigenvalue weighted by molar-refractivity contribution is 6.31. The summed E-state index contributed by atoms with van der Waals surface area (Å²) in [5, 5.41) is 18.6. The van der Waals surface area contributed by atoms with E-state index >= 15 is 0 Å². The van der Waals surface area contributed by atoms with Gasteiger partial charge in [0.05, 0.1) is 21.7 Å². The number of hydrogen-bond donors (Lipinski definition) is 3. The molecule has 4 fully saturated rings. The van der Waals surface area contributed by atoms with Crippen molar-refractivity contribution in [3.63, 3.8) is 0 Å². The Bertz CT molecular complexity index is 2180. The van der Waals surface area contributed by atoms with E-state index in [4.69, 9.17) is 16.3 Å². The molecule has 2 saturated carbocycles. The molecule has 3 aromatic rings. The first-order chi connectivity index (χ1) is 26.6. The van der Waals surface area contributed by atoms with Gasteiger partial charge in [-0.05, 0) is 92.1 Å². The van der Waals surface area contributed by atoms with Crippen molar-refractivity contribution in [2.45, 2.75) is 90.4 Å². The Hall–Kier alpha value is -5.41. The highest BCUT2D eigenvalue weighted by atomic mass is 35.5. The average Bonchev–Trinajstić information content (AvgIpc) is 3.40. The minimum absolute atomic E-state index is 0.0834. The molecule has 56 heavy (non-hydrogen) atoms. The zero-order chi connectivity index (χ0) is 39.7. The summed E-state index contributed by atoms with van der Waals surface area (Å²) >= 11 is 6.24. The van der Waals surface area contributed by atoms with Crippen LogP contribution in [-0.4, -0.2) is 71.8 Å². The van der Waals surface area contributed by atoms with Gasteiger partial charge < -0.3 is 20.3 Å². The van der Waals surface area contributed by atoms with Crippen LogP contribution in [0.25, 0.3) is 0 Å². The second kappa shape index (κ2) is 13.7. The molecule has 8 rings (SSSR count). The minimum Gasteiger partial charge on any atom is -0.489 e. The van der Waals surface area contributed by atoms with E-state index in [2.05, 4.69) is 54.6 Å². The number of fused-ring (bicyclic) bond motifs is 1. The summed E-state index contributed by atoms with van der Waals surface area (Å²) in [6.07, 6.45) is 4.14. The van der Waals surface area contributed by atoms with Crippen molar-refractivity contribution in [2.75, 3.05) is 23.3 Å². The van der Waals surface area contributed by atoms with Crippen molar-refractivity contribution in [2.24, 2.45) is 16.2 Å². The van der Waals surface area contributed by atoms with Crippen LogP contribution in [0.2, 0.25) is 5.02 Å². The van der Waals surface area contributed by atoms with E-state index in [-0.39, 0.29) is 64.3 Å². The Balaban J connectivity index is 0.818. The maximum absolute atomic E-state index is 13.5. The molecule has 3 heterocycles. The number of piperidine rings is 2. The molecule has 3 N–H and O–H groups in total. The van der Waals surface area contributed by atoms with Crippen LogP contribution in [0.15, 0.2) is 60.7 Å². The number of rotatable bonds is 8. The van der Waals surface area contributed by atoms with Gasteiger partial charge in [0.25, 0.3) is 17.7 Å². The van der Waals surface area contributed by atoms with E-state index in [9.17, 15) is 29.2 Å². The van der Waals surface area contributed by atoms with Gasteiger partial charge in [-0.25, -0.2) is 0 Å². The third kappa shape index (κ3) is 6.36. The average molecular weight is 777 g/mol. The first kappa shape index (κ1) is 37.5. The number of imide groups is 2. The van der Waals surface area contributed by atoms with Crippen LogP contribution in [0.4, 0.5) is 11.4 Å². The lowest BCUT2D eigenvalue weighted by molar-refractivity contribution is -0.164. The number of anilines is 2. The number of amides is 5. The zero-order valence-corrected chi connectivity index (χ0v) is 32.7. The normalized spacial score (nSPS) is 24.8. The summed E-state index contributed by atoms with van der Waals surface area (Å²) in [5.41, 5.74) is 2.93. The maximum atomic E-state index is 13.5. The molecule has 13 heteroatoms. The largest absolute Gasteiger partial charge is 0.489 e. The molecule has 2 aliphatic carbocycles. The monoisotopic (exact) mass is 776 g/mol. The summed E-state index contributed by atoms with van der Waals surface area (Å²) in [4.78, 5) is 67.2. The Kier molecular flexibility index (Phi) is 9.15. The van der Waals surface area contributed by atoms with Gasteiger partial charge in [0.15, 0.2) is 0 Å². The fourth-order valence-electron chi connectivity index (χ4n) is 10.2. The van der Waals surface area contributed by atoms with Crippen LogP contribution in [0.1, 0.15) is 103 Å². The molecular formula is C43H45ClN6O6. The van der Waals surface area contributed by atoms with Gasteiger partial charge in [0, 0.05) is 65.4 Å². The minimum atomic E-state index is -0.984. The Morgan fingerprint density at radius 1 is 0.911 bits per heavy atom. The van der Waals surface area contributed by atoms with Crippen molar-refractivity contribution in [1.29, 1.82) is 5.26 Å². The van der Waals surface area contributed by atoms with Gasteiger partial charge in [-0.3, -0.25) is 34.2 Å². The summed E-state index contributed by atoms with van der Waals surface area (Å²) in [6, 6.07) is 19.3. The smallest absolute Gasteiger partial charge is 0.262 e. The molecule has 3 aliphatic heterocycles. The van der Waals surface area contributed by atoms with Crippen molar-refractivity contribution >= 4 is 52.5 Å². The second-order valence-electron chi connectivity index (χ2n) is 17.3. The number of ether oxygens (including phenoxy) is 1. The van der Waals surface area contributed by atoms with Gasteiger partial charge in [-0.1, -0.05) is 39.3 Å². The highest BCUT2D eigenvalue weighted by Crippen LogP contribution is 2.56. The van der Waals surface area contributed by atoms with Crippen molar-refractivity contribution in [1.82, 2.24) is 15.5 Å². The SMILES string of the molecule is CC1(C)C(NC(=O)c2ccc(N3CCC4(CC3)CC(Nc3ccc5c(c3)C(=O)N(C3CCC(=O)NC3=O)C5=O)C4)cc2)C(C)(C)C1Oc1ccc(C#N)c(Cl)c1. The van der Waals surface area contributed by atoms with Gasteiger partial charge >= 0.3 is 0 Å². The number of nitrogens with one attached hydrogen (secondary N) is 3. The second-order valence-corrected chi connectivity index (χ2v) is 17.7. The molecule has 0 radical (unpaired) electrons. The molecule has 0 aromatic heterocycles. The number of benzene rings is 3. The van der Waals surface area contributed by atoms with E-state index in [1.54, 1.807) is 30.3 Å². The lowest BCUT2D eigenvalue weighted by Gasteiger charge is -2.63. The quantitative estimate of drug-likeness (QED) is 0.230. The van der Waals surface area contributed by atoms with E-state index < -0.39 is 29.7 Å². The number of carbonyl (C=O) groups is 5. The first-order valence-corrected chi connectivity index (χ1v) is 19.6. The fraction of sp³-hybridized carbons (Fsp3) is 0.442. The molecule has 1 atom stereocenters. The van der Waals surface area contributed by atoms with E-state index in [1.807, 2.05) is 30.3 Å². The molecule has 5 aliphatic rings. The molecular weight excluding hydrogens is 732 g/mol. The van der Waals surface area contributed by atoms with Crippen LogP contribution in [-0.2, 0) is 9.59 Å². The maximum Gasteiger partial charge on any atom is 0.262 e. The molecule has 12 nitrogen and oxygen atoms in total. The third-order valence-electron chi connectivity index (χ3n) is 12.9. The number of nitrogens with zero attached hydrogens (tertiary/aromatic N) is 3. The van der Waals surface area contributed by atoms with Crippen LogP contribution in [0, 0.1) is 27.6 Å². The molecule has 2 saturated heterocycles. The first-order valence-electron chi connectivity index (χ1n) is 19.2. The third-order valence-corrected chi connectivity index (χ3v) is 13.2. The van der Waals surface area contributed by atoms with E-state index in [0.29, 0.717) is 21.9 Å².